The van der Waals surface area contributed by atoms with Crippen molar-refractivity contribution in [1.82, 2.24) is 0 Å². The topological polar surface area (TPSA) is 179 Å². The Morgan fingerprint density at radius 1 is 0.636 bits per heavy atom. The summed E-state index contributed by atoms with van der Waals surface area (Å²) >= 11 is 0. The number of hydrogen-bond donors (Lipinski definition) is 7. The third-order valence-corrected chi connectivity index (χ3v) is 6.26. The molecule has 10 atom stereocenters. The summed E-state index contributed by atoms with van der Waals surface area (Å²) in [6.07, 6.45) is -5.26. The number of ether oxygens (including phenoxy) is 4. The molecule has 0 bridgehead atoms. The lowest BCUT2D eigenvalue weighted by Crippen LogP contribution is -2.64. The Bertz CT molecular complexity index is 523. The van der Waals surface area contributed by atoms with E-state index in [1.54, 1.807) is 0 Å². The van der Waals surface area contributed by atoms with Gasteiger partial charge in [-0.15, -0.1) is 0 Å². The van der Waals surface area contributed by atoms with E-state index in [4.69, 9.17) is 18.9 Å². The van der Waals surface area contributed by atoms with Crippen LogP contribution in [0, 0.1) is 0 Å². The summed E-state index contributed by atoms with van der Waals surface area (Å²) < 4.78 is 21.8. The number of rotatable bonds is 14. The van der Waals surface area contributed by atoms with Crippen molar-refractivity contribution in [1.29, 1.82) is 0 Å². The molecule has 2 heterocycles. The van der Waals surface area contributed by atoms with Crippen LogP contribution in [0.3, 0.4) is 0 Å². The second-order valence-electron chi connectivity index (χ2n) is 8.85. The van der Waals surface area contributed by atoms with Crippen LogP contribution in [0.2, 0.25) is 0 Å². The van der Waals surface area contributed by atoms with Gasteiger partial charge in [0.2, 0.25) is 0 Å². The molecule has 0 amide bonds. The maximum Gasteiger partial charge on any atom is 0.187 e. The van der Waals surface area contributed by atoms with Gasteiger partial charge in [0.1, 0.15) is 48.8 Å². The fourth-order valence-corrected chi connectivity index (χ4v) is 4.21. The van der Waals surface area contributed by atoms with E-state index in [1.807, 2.05) is 0 Å². The molecule has 7 N–H and O–H groups in total. The molecule has 0 spiro atoms. The summed E-state index contributed by atoms with van der Waals surface area (Å²) in [7, 11) is 0. The van der Waals surface area contributed by atoms with Crippen LogP contribution in [0.1, 0.15) is 58.3 Å². The predicted octanol–water partition coefficient (Wildman–Crippen LogP) is -1.23. The van der Waals surface area contributed by atoms with Crippen LogP contribution in [-0.4, -0.2) is 117 Å². The summed E-state index contributed by atoms with van der Waals surface area (Å²) in [6, 6.07) is 0. The first-order chi connectivity index (χ1) is 15.8. The molecule has 0 aliphatic carbocycles. The zero-order valence-electron chi connectivity index (χ0n) is 19.3. The molecule has 0 aromatic rings. The largest absolute Gasteiger partial charge is 0.394 e. The molecule has 0 aromatic heterocycles. The van der Waals surface area contributed by atoms with E-state index >= 15 is 0 Å². The van der Waals surface area contributed by atoms with E-state index in [9.17, 15) is 35.7 Å². The molecule has 0 unspecified atom stereocenters. The zero-order valence-corrected chi connectivity index (χ0v) is 19.3. The van der Waals surface area contributed by atoms with Crippen molar-refractivity contribution >= 4 is 0 Å². The molecular formula is C22H42O11. The molecule has 2 fully saturated rings. The first kappa shape index (κ1) is 28.8. The standard InChI is InChI=1S/C22H42O11/c1-2-3-4-5-6-7-8-9-10-30-20-15(25)13(11-23)32-22(18(20)28)33-19-14(12-24)31-21(29)17(27)16(19)26/h13-29H,2-12H2,1H3/t13-,14-,15-,16-,17-,18-,19-,20+,21+,22-/m1/s1. The molecule has 33 heavy (non-hydrogen) atoms. The molecule has 2 aliphatic heterocycles. The Hall–Kier alpha value is -0.440. The third kappa shape index (κ3) is 8.04. The van der Waals surface area contributed by atoms with E-state index in [0.29, 0.717) is 0 Å². The lowest BCUT2D eigenvalue weighted by Gasteiger charge is -2.46. The van der Waals surface area contributed by atoms with Crippen LogP contribution in [-0.2, 0) is 18.9 Å². The minimum atomic E-state index is -1.72. The van der Waals surface area contributed by atoms with E-state index in [-0.39, 0.29) is 6.61 Å². The Morgan fingerprint density at radius 2 is 1.24 bits per heavy atom. The van der Waals surface area contributed by atoms with E-state index in [1.165, 1.54) is 25.7 Å². The van der Waals surface area contributed by atoms with Gasteiger partial charge in [0.25, 0.3) is 0 Å². The van der Waals surface area contributed by atoms with Gasteiger partial charge in [-0.3, -0.25) is 0 Å². The molecule has 2 aliphatic rings. The molecule has 11 nitrogen and oxygen atoms in total. The van der Waals surface area contributed by atoms with Gasteiger partial charge in [-0.2, -0.15) is 0 Å². The van der Waals surface area contributed by atoms with Gasteiger partial charge >= 0.3 is 0 Å². The number of aliphatic hydroxyl groups is 7. The van der Waals surface area contributed by atoms with Crippen LogP contribution in [0.25, 0.3) is 0 Å². The molecule has 11 heteroatoms. The Balaban J connectivity index is 1.89. The smallest absolute Gasteiger partial charge is 0.187 e. The van der Waals surface area contributed by atoms with Crippen molar-refractivity contribution in [2.75, 3.05) is 19.8 Å². The fraction of sp³-hybridized carbons (Fsp3) is 1.00. The maximum atomic E-state index is 10.7. The van der Waals surface area contributed by atoms with Crippen LogP contribution in [0.15, 0.2) is 0 Å². The second-order valence-corrected chi connectivity index (χ2v) is 8.85. The molecule has 2 rings (SSSR count). The van der Waals surface area contributed by atoms with Crippen molar-refractivity contribution in [3.63, 3.8) is 0 Å². The van der Waals surface area contributed by atoms with Crippen molar-refractivity contribution in [3.05, 3.63) is 0 Å². The number of aliphatic hydroxyl groups excluding tert-OH is 7. The fourth-order valence-electron chi connectivity index (χ4n) is 4.21. The van der Waals surface area contributed by atoms with Crippen molar-refractivity contribution in [2.45, 2.75) is 120 Å². The Labute approximate surface area is 194 Å². The summed E-state index contributed by atoms with van der Waals surface area (Å²) in [5.41, 5.74) is 0. The second kappa shape index (κ2) is 14.8. The van der Waals surface area contributed by atoms with E-state index in [0.717, 1.165) is 25.7 Å². The molecule has 2 saturated heterocycles. The van der Waals surface area contributed by atoms with Crippen LogP contribution >= 0.6 is 0 Å². The summed E-state index contributed by atoms with van der Waals surface area (Å²) in [6.45, 7) is 1.26. The zero-order chi connectivity index (χ0) is 24.4. The highest BCUT2D eigenvalue weighted by molar-refractivity contribution is 4.94. The normalized spacial score (nSPS) is 39.6. The summed E-state index contributed by atoms with van der Waals surface area (Å²) in [5, 5.41) is 70.0. The Morgan fingerprint density at radius 3 is 1.85 bits per heavy atom. The quantitative estimate of drug-likeness (QED) is 0.147. The molecular weight excluding hydrogens is 440 g/mol. The van der Waals surface area contributed by atoms with E-state index in [2.05, 4.69) is 6.92 Å². The van der Waals surface area contributed by atoms with Crippen LogP contribution in [0.5, 0.6) is 0 Å². The lowest BCUT2D eigenvalue weighted by atomic mass is 9.97. The van der Waals surface area contributed by atoms with Crippen molar-refractivity contribution in [3.8, 4) is 0 Å². The maximum absolute atomic E-state index is 10.7. The molecule has 0 saturated carbocycles. The average Bonchev–Trinajstić information content (AvgIpc) is 2.81. The highest BCUT2D eigenvalue weighted by Gasteiger charge is 2.50. The van der Waals surface area contributed by atoms with Gasteiger partial charge in [0.05, 0.1) is 13.2 Å². The number of hydrogen-bond acceptors (Lipinski definition) is 11. The third-order valence-electron chi connectivity index (χ3n) is 6.26. The summed E-state index contributed by atoms with van der Waals surface area (Å²) in [5.74, 6) is 0. The molecule has 0 radical (unpaired) electrons. The lowest BCUT2D eigenvalue weighted by molar-refractivity contribution is -0.357. The van der Waals surface area contributed by atoms with Gasteiger partial charge in [-0.05, 0) is 6.42 Å². The first-order valence-electron chi connectivity index (χ1n) is 12.1. The monoisotopic (exact) mass is 482 g/mol. The van der Waals surface area contributed by atoms with E-state index < -0.39 is 74.6 Å². The number of unbranched alkanes of at least 4 members (excludes halogenated alkanes) is 7. The SMILES string of the molecule is CCCCCCCCCCO[C@@H]1[C@@H](O)[C@@H](O[C@H]2[C@H](O)[C@@H](O)[C@@H](O)O[C@@H]2CO)O[C@H](CO)[C@H]1O. The molecule has 196 valence electrons. The van der Waals surface area contributed by atoms with Gasteiger partial charge in [-0.25, -0.2) is 0 Å². The van der Waals surface area contributed by atoms with Crippen molar-refractivity contribution in [2.24, 2.45) is 0 Å². The Kier molecular flexibility index (Phi) is 13.0. The van der Waals surface area contributed by atoms with Crippen LogP contribution < -0.4 is 0 Å². The molecule has 0 aromatic carbocycles. The van der Waals surface area contributed by atoms with Crippen LogP contribution in [0.4, 0.5) is 0 Å². The highest BCUT2D eigenvalue weighted by Crippen LogP contribution is 2.29. The highest BCUT2D eigenvalue weighted by atomic mass is 16.7. The van der Waals surface area contributed by atoms with Gasteiger partial charge < -0.3 is 54.7 Å². The predicted molar refractivity (Wildman–Crippen MR) is 115 cm³/mol. The minimum absolute atomic E-state index is 0.290. The van der Waals surface area contributed by atoms with Crippen molar-refractivity contribution < 1.29 is 54.7 Å². The first-order valence-corrected chi connectivity index (χ1v) is 12.1. The summed E-state index contributed by atoms with van der Waals surface area (Å²) in [4.78, 5) is 0. The van der Waals surface area contributed by atoms with Gasteiger partial charge in [-0.1, -0.05) is 51.9 Å². The van der Waals surface area contributed by atoms with Gasteiger partial charge in [0, 0.05) is 6.61 Å². The minimum Gasteiger partial charge on any atom is -0.394 e. The van der Waals surface area contributed by atoms with Gasteiger partial charge in [0.15, 0.2) is 12.6 Å². The average molecular weight is 483 g/mol.